The largest absolute Gasteiger partial charge is 0.497 e. The number of Topliss-reactive ketones (excluding diaryl/α,β-unsaturated/α-hetero) is 1. The molecule has 0 aliphatic heterocycles. The van der Waals surface area contributed by atoms with E-state index in [1.165, 1.54) is 18.9 Å². The molecule has 1 heterocycles. The van der Waals surface area contributed by atoms with Crippen molar-refractivity contribution in [1.29, 1.82) is 0 Å². The van der Waals surface area contributed by atoms with Gasteiger partial charge in [-0.3, -0.25) is 9.36 Å². The molecular formula is C26H25N3O5S. The minimum absolute atomic E-state index is 0.0665. The topological polar surface area (TPSA) is 84.7 Å². The highest BCUT2D eigenvalue weighted by Gasteiger charge is 2.19. The van der Waals surface area contributed by atoms with Crippen LogP contribution in [0.5, 0.6) is 23.0 Å². The Labute approximate surface area is 207 Å². The molecule has 0 radical (unpaired) electrons. The van der Waals surface area contributed by atoms with E-state index < -0.39 is 0 Å². The van der Waals surface area contributed by atoms with Gasteiger partial charge in [-0.25, -0.2) is 0 Å². The molecule has 9 heteroatoms. The van der Waals surface area contributed by atoms with Crippen molar-refractivity contribution in [2.24, 2.45) is 0 Å². The summed E-state index contributed by atoms with van der Waals surface area (Å²) in [6.07, 6.45) is 0. The van der Waals surface area contributed by atoms with Gasteiger partial charge in [-0.15, -0.1) is 10.2 Å². The number of thioether (sulfide) groups is 1. The van der Waals surface area contributed by atoms with Gasteiger partial charge in [0.1, 0.15) is 11.5 Å². The molecule has 4 rings (SSSR count). The second-order valence-electron chi connectivity index (χ2n) is 7.35. The summed E-state index contributed by atoms with van der Waals surface area (Å²) in [5, 5.41) is 9.42. The van der Waals surface area contributed by atoms with E-state index in [1.54, 1.807) is 39.5 Å². The number of carbonyl (C=O) groups is 1. The molecular weight excluding hydrogens is 466 g/mol. The number of ether oxygens (including phenoxy) is 4. The fourth-order valence-electron chi connectivity index (χ4n) is 3.50. The van der Waals surface area contributed by atoms with Crippen molar-refractivity contribution < 1.29 is 23.7 Å². The highest BCUT2D eigenvalue weighted by Crippen LogP contribution is 2.32. The maximum absolute atomic E-state index is 13.0. The summed E-state index contributed by atoms with van der Waals surface area (Å²) in [6, 6.07) is 20.3. The van der Waals surface area contributed by atoms with Crippen LogP contribution in [0.3, 0.4) is 0 Å². The van der Waals surface area contributed by atoms with Crippen LogP contribution in [0.2, 0.25) is 0 Å². The second kappa shape index (κ2) is 11.0. The van der Waals surface area contributed by atoms with Crippen LogP contribution in [0.4, 0.5) is 0 Å². The van der Waals surface area contributed by atoms with Crippen LogP contribution >= 0.6 is 11.8 Å². The first kappa shape index (κ1) is 24.2. The molecule has 0 amide bonds. The first-order valence-electron chi connectivity index (χ1n) is 10.7. The Hall–Kier alpha value is -3.98. The quantitative estimate of drug-likeness (QED) is 0.228. The molecule has 0 fully saturated rings. The standard InChI is InChI=1S/C26H25N3O5S/c1-31-20-11-9-19(10-12-20)29-25(18-6-5-7-21(14-18)32-2)27-28-26(29)35-16-22(30)17-8-13-23(33-3)24(15-17)34-4/h5-15H,16H2,1-4H3. The van der Waals surface area contributed by atoms with E-state index in [4.69, 9.17) is 18.9 Å². The van der Waals surface area contributed by atoms with Crippen LogP contribution in [0.25, 0.3) is 17.1 Å². The van der Waals surface area contributed by atoms with Gasteiger partial charge < -0.3 is 18.9 Å². The van der Waals surface area contributed by atoms with E-state index >= 15 is 0 Å². The fourth-order valence-corrected chi connectivity index (χ4v) is 4.35. The zero-order valence-electron chi connectivity index (χ0n) is 19.8. The van der Waals surface area contributed by atoms with E-state index in [9.17, 15) is 4.79 Å². The van der Waals surface area contributed by atoms with Gasteiger partial charge in [0.2, 0.25) is 0 Å². The molecule has 0 N–H and O–H groups in total. The molecule has 1 aromatic heterocycles. The van der Waals surface area contributed by atoms with Crippen molar-refractivity contribution in [3.63, 3.8) is 0 Å². The van der Waals surface area contributed by atoms with Crippen molar-refractivity contribution in [1.82, 2.24) is 14.8 Å². The number of carbonyl (C=O) groups excluding carboxylic acids is 1. The number of aromatic nitrogens is 3. The molecule has 0 spiro atoms. The van der Waals surface area contributed by atoms with E-state index in [0.717, 1.165) is 17.0 Å². The lowest BCUT2D eigenvalue weighted by atomic mass is 10.1. The Bertz CT molecular complexity index is 1320. The highest BCUT2D eigenvalue weighted by molar-refractivity contribution is 7.99. The zero-order valence-corrected chi connectivity index (χ0v) is 20.7. The Kier molecular flexibility index (Phi) is 7.57. The summed E-state index contributed by atoms with van der Waals surface area (Å²) in [5.74, 6) is 3.26. The predicted molar refractivity (Wildman–Crippen MR) is 134 cm³/mol. The van der Waals surface area contributed by atoms with Crippen LogP contribution in [-0.4, -0.2) is 54.7 Å². The van der Waals surface area contributed by atoms with Gasteiger partial charge in [-0.2, -0.15) is 0 Å². The third-order valence-corrected chi connectivity index (χ3v) is 6.26. The monoisotopic (exact) mass is 491 g/mol. The molecule has 3 aromatic carbocycles. The van der Waals surface area contributed by atoms with Crippen molar-refractivity contribution in [2.75, 3.05) is 34.2 Å². The second-order valence-corrected chi connectivity index (χ2v) is 8.30. The minimum Gasteiger partial charge on any atom is -0.497 e. The van der Waals surface area contributed by atoms with E-state index in [1.807, 2.05) is 53.1 Å². The van der Waals surface area contributed by atoms with Crippen LogP contribution in [0.15, 0.2) is 71.9 Å². The van der Waals surface area contributed by atoms with Crippen molar-refractivity contribution >= 4 is 17.5 Å². The van der Waals surface area contributed by atoms with Gasteiger partial charge in [-0.05, 0) is 54.6 Å². The maximum Gasteiger partial charge on any atom is 0.196 e. The molecule has 0 bridgehead atoms. The van der Waals surface area contributed by atoms with Gasteiger partial charge in [0.05, 0.1) is 34.2 Å². The zero-order chi connectivity index (χ0) is 24.8. The Morgan fingerprint density at radius 2 is 1.54 bits per heavy atom. The molecule has 8 nitrogen and oxygen atoms in total. The van der Waals surface area contributed by atoms with Gasteiger partial charge in [0, 0.05) is 16.8 Å². The van der Waals surface area contributed by atoms with E-state index in [2.05, 4.69) is 10.2 Å². The maximum atomic E-state index is 13.0. The Balaban J connectivity index is 1.66. The molecule has 0 aliphatic rings. The van der Waals surface area contributed by atoms with Crippen LogP contribution in [-0.2, 0) is 0 Å². The van der Waals surface area contributed by atoms with Crippen LogP contribution < -0.4 is 18.9 Å². The molecule has 0 atom stereocenters. The number of benzene rings is 3. The van der Waals surface area contributed by atoms with Gasteiger partial charge in [0.15, 0.2) is 28.3 Å². The summed E-state index contributed by atoms with van der Waals surface area (Å²) >= 11 is 1.31. The lowest BCUT2D eigenvalue weighted by molar-refractivity contribution is 0.102. The average molecular weight is 492 g/mol. The van der Waals surface area contributed by atoms with Gasteiger partial charge in [-0.1, -0.05) is 23.9 Å². The first-order valence-corrected chi connectivity index (χ1v) is 11.7. The van der Waals surface area contributed by atoms with Gasteiger partial charge >= 0.3 is 0 Å². The molecule has 0 saturated heterocycles. The van der Waals surface area contributed by atoms with E-state index in [-0.39, 0.29) is 11.5 Å². The highest BCUT2D eigenvalue weighted by atomic mass is 32.2. The third kappa shape index (κ3) is 5.25. The molecule has 0 aliphatic carbocycles. The fraction of sp³-hybridized carbons (Fsp3) is 0.192. The summed E-state index contributed by atoms with van der Waals surface area (Å²) in [7, 11) is 6.34. The van der Waals surface area contributed by atoms with Crippen LogP contribution in [0, 0.1) is 0 Å². The Morgan fingerprint density at radius 3 is 2.23 bits per heavy atom. The summed E-state index contributed by atoms with van der Waals surface area (Å²) in [6.45, 7) is 0. The number of nitrogens with zero attached hydrogens (tertiary/aromatic N) is 3. The average Bonchev–Trinajstić information content (AvgIpc) is 3.35. The first-order chi connectivity index (χ1) is 17.1. The summed E-state index contributed by atoms with van der Waals surface area (Å²) in [5.41, 5.74) is 2.21. The Morgan fingerprint density at radius 1 is 0.800 bits per heavy atom. The number of ketones is 1. The van der Waals surface area contributed by atoms with Gasteiger partial charge in [0.25, 0.3) is 0 Å². The lowest BCUT2D eigenvalue weighted by Gasteiger charge is -2.12. The number of hydrogen-bond acceptors (Lipinski definition) is 8. The number of hydrogen-bond donors (Lipinski definition) is 0. The smallest absolute Gasteiger partial charge is 0.196 e. The third-order valence-electron chi connectivity index (χ3n) is 5.33. The molecule has 35 heavy (non-hydrogen) atoms. The molecule has 180 valence electrons. The van der Waals surface area contributed by atoms with Crippen molar-refractivity contribution in [3.8, 4) is 40.1 Å². The number of rotatable bonds is 10. The summed E-state index contributed by atoms with van der Waals surface area (Å²) in [4.78, 5) is 13.0. The number of methoxy groups -OCH3 is 4. The lowest BCUT2D eigenvalue weighted by Crippen LogP contribution is -2.06. The molecule has 0 saturated carbocycles. The van der Waals surface area contributed by atoms with Crippen LogP contribution in [0.1, 0.15) is 10.4 Å². The normalized spacial score (nSPS) is 10.6. The molecule has 4 aromatic rings. The van der Waals surface area contributed by atoms with E-state index in [0.29, 0.717) is 33.8 Å². The predicted octanol–water partition coefficient (Wildman–Crippen LogP) is 4.94. The summed E-state index contributed by atoms with van der Waals surface area (Å²) < 4.78 is 23.2. The van der Waals surface area contributed by atoms with Crippen molar-refractivity contribution in [2.45, 2.75) is 5.16 Å². The van der Waals surface area contributed by atoms with Crippen molar-refractivity contribution in [3.05, 3.63) is 72.3 Å². The SMILES string of the molecule is COc1ccc(-n2c(SCC(=O)c3ccc(OC)c(OC)c3)nnc2-c2cccc(OC)c2)cc1. The minimum atomic E-state index is -0.0665. The molecule has 0 unspecified atom stereocenters.